The zero-order valence-corrected chi connectivity index (χ0v) is 5.27. The molecule has 0 amide bonds. The summed E-state index contributed by atoms with van der Waals surface area (Å²) in [4.78, 5) is 0.275. The number of hydrogen-bond donors (Lipinski definition) is 1. The Bertz CT molecular complexity index is 107. The van der Waals surface area contributed by atoms with E-state index in [1.54, 1.807) is 0 Å². The Kier molecular flexibility index (Phi) is 1.52. The molecule has 0 spiro atoms. The third-order valence-corrected chi connectivity index (χ3v) is 1.21. The molecule has 2 heteroatoms. The van der Waals surface area contributed by atoms with E-state index in [9.17, 15) is 0 Å². The Morgan fingerprint density at radius 2 is 2.57 bits per heavy atom. The SMILES string of the molecule is BrC1C=CC=[C]N1. The highest BCUT2D eigenvalue weighted by Crippen LogP contribution is 1.99. The molecule has 0 aromatic carbocycles. The quantitative estimate of drug-likeness (QED) is 0.413. The molecule has 1 N–H and O–H groups in total. The molecule has 37 valence electrons. The van der Waals surface area contributed by atoms with E-state index in [0.29, 0.717) is 0 Å². The fourth-order valence-corrected chi connectivity index (χ4v) is 0.685. The van der Waals surface area contributed by atoms with Crippen LogP contribution in [-0.4, -0.2) is 4.95 Å². The molecule has 1 nitrogen and oxygen atoms in total. The van der Waals surface area contributed by atoms with Gasteiger partial charge in [0.05, 0.1) is 6.20 Å². The van der Waals surface area contributed by atoms with Gasteiger partial charge in [-0.25, -0.2) is 0 Å². The summed E-state index contributed by atoms with van der Waals surface area (Å²) in [5, 5.41) is 2.91. The van der Waals surface area contributed by atoms with Crippen molar-refractivity contribution in [3.05, 3.63) is 24.4 Å². The first-order chi connectivity index (χ1) is 3.39. The van der Waals surface area contributed by atoms with Crippen LogP contribution < -0.4 is 5.32 Å². The van der Waals surface area contributed by atoms with E-state index in [-0.39, 0.29) is 4.95 Å². The summed E-state index contributed by atoms with van der Waals surface area (Å²) in [6.07, 6.45) is 8.59. The molecule has 7 heavy (non-hydrogen) atoms. The van der Waals surface area contributed by atoms with E-state index >= 15 is 0 Å². The van der Waals surface area contributed by atoms with Crippen LogP contribution in [0.3, 0.4) is 0 Å². The van der Waals surface area contributed by atoms with E-state index < -0.39 is 0 Å². The van der Waals surface area contributed by atoms with Crippen LogP contribution in [0.15, 0.2) is 18.2 Å². The van der Waals surface area contributed by atoms with Gasteiger partial charge in [-0.1, -0.05) is 28.1 Å². The Morgan fingerprint density at radius 1 is 1.71 bits per heavy atom. The predicted octanol–water partition coefficient (Wildman–Crippen LogP) is 1.18. The Morgan fingerprint density at radius 3 is 2.86 bits per heavy atom. The van der Waals surface area contributed by atoms with Crippen LogP contribution in [0.25, 0.3) is 0 Å². The lowest BCUT2D eigenvalue weighted by molar-refractivity contribution is 0.899. The van der Waals surface area contributed by atoms with Gasteiger partial charge in [-0.3, -0.25) is 0 Å². The van der Waals surface area contributed by atoms with Crippen LogP contribution in [0.4, 0.5) is 0 Å². The fourth-order valence-electron chi connectivity index (χ4n) is 0.377. The van der Waals surface area contributed by atoms with E-state index in [1.807, 2.05) is 18.2 Å². The molecule has 0 saturated carbocycles. The van der Waals surface area contributed by atoms with Crippen molar-refractivity contribution >= 4 is 15.9 Å². The summed E-state index contributed by atoms with van der Waals surface area (Å²) >= 11 is 3.31. The third kappa shape index (κ3) is 1.35. The van der Waals surface area contributed by atoms with Crippen LogP contribution in [0.5, 0.6) is 0 Å². The molecule has 0 saturated heterocycles. The zero-order valence-electron chi connectivity index (χ0n) is 3.69. The van der Waals surface area contributed by atoms with Gasteiger partial charge in [0.15, 0.2) is 0 Å². The second-order valence-corrected chi connectivity index (χ2v) is 2.23. The monoisotopic (exact) mass is 158 g/mol. The number of nitrogens with one attached hydrogen (secondary N) is 1. The lowest BCUT2D eigenvalue weighted by Gasteiger charge is -2.04. The van der Waals surface area contributed by atoms with Gasteiger partial charge in [0.25, 0.3) is 0 Å². The first kappa shape index (κ1) is 4.91. The summed E-state index contributed by atoms with van der Waals surface area (Å²) < 4.78 is 0. The molecular weight excluding hydrogens is 154 g/mol. The van der Waals surface area contributed by atoms with Crippen molar-refractivity contribution in [3.63, 3.8) is 0 Å². The molecule has 1 aliphatic rings. The molecule has 1 heterocycles. The standard InChI is InChI=1S/C5H5BrN/c6-5-3-1-2-4-7-5/h1-3,5,7H. The molecular formula is C5H5BrN. The van der Waals surface area contributed by atoms with Gasteiger partial charge < -0.3 is 5.32 Å². The van der Waals surface area contributed by atoms with Crippen molar-refractivity contribution in [1.29, 1.82) is 0 Å². The van der Waals surface area contributed by atoms with Gasteiger partial charge in [-0.2, -0.15) is 0 Å². The minimum absolute atomic E-state index is 0.275. The highest BCUT2D eigenvalue weighted by Gasteiger charge is 1.93. The van der Waals surface area contributed by atoms with Gasteiger partial charge in [-0.05, 0) is 6.08 Å². The summed E-state index contributed by atoms with van der Waals surface area (Å²) in [7, 11) is 0. The predicted molar refractivity (Wildman–Crippen MR) is 32.8 cm³/mol. The summed E-state index contributed by atoms with van der Waals surface area (Å²) in [5.74, 6) is 0. The van der Waals surface area contributed by atoms with Gasteiger partial charge in [-0.15, -0.1) is 0 Å². The Hall–Kier alpha value is -0.240. The first-order valence-electron chi connectivity index (χ1n) is 2.05. The van der Waals surface area contributed by atoms with Gasteiger partial charge >= 0.3 is 0 Å². The molecule has 0 aromatic rings. The van der Waals surface area contributed by atoms with Crippen molar-refractivity contribution in [3.8, 4) is 0 Å². The number of rotatable bonds is 0. The maximum absolute atomic E-state index is 3.31. The van der Waals surface area contributed by atoms with Gasteiger partial charge in [0.1, 0.15) is 4.95 Å². The molecule has 0 aliphatic carbocycles. The van der Waals surface area contributed by atoms with Gasteiger partial charge in [0.2, 0.25) is 0 Å². The van der Waals surface area contributed by atoms with Crippen molar-refractivity contribution < 1.29 is 0 Å². The van der Waals surface area contributed by atoms with Crippen LogP contribution in [0, 0.1) is 6.20 Å². The fraction of sp³-hybridized carbons (Fsp3) is 0.200. The van der Waals surface area contributed by atoms with E-state index in [0.717, 1.165) is 0 Å². The molecule has 0 fully saturated rings. The van der Waals surface area contributed by atoms with Crippen molar-refractivity contribution in [2.24, 2.45) is 0 Å². The smallest absolute Gasteiger partial charge is 0.101 e. The van der Waals surface area contributed by atoms with Crippen molar-refractivity contribution in [2.75, 3.05) is 0 Å². The molecule has 1 unspecified atom stereocenters. The topological polar surface area (TPSA) is 12.0 Å². The normalized spacial score (nSPS) is 27.3. The zero-order chi connectivity index (χ0) is 5.11. The lowest BCUT2D eigenvalue weighted by atomic mass is 10.4. The summed E-state index contributed by atoms with van der Waals surface area (Å²) in [6, 6.07) is 0. The highest BCUT2D eigenvalue weighted by atomic mass is 79.9. The number of halogens is 1. The Balaban J connectivity index is 2.49. The van der Waals surface area contributed by atoms with Crippen LogP contribution in [0.2, 0.25) is 0 Å². The van der Waals surface area contributed by atoms with E-state index in [2.05, 4.69) is 27.4 Å². The molecule has 0 aromatic heterocycles. The van der Waals surface area contributed by atoms with Crippen LogP contribution in [-0.2, 0) is 0 Å². The second kappa shape index (κ2) is 2.17. The summed E-state index contributed by atoms with van der Waals surface area (Å²) in [6.45, 7) is 0. The molecule has 1 atom stereocenters. The molecule has 1 rings (SSSR count). The van der Waals surface area contributed by atoms with Crippen molar-refractivity contribution in [1.82, 2.24) is 5.32 Å². The molecule has 1 radical (unpaired) electrons. The summed E-state index contributed by atoms with van der Waals surface area (Å²) in [5.41, 5.74) is 0. The Labute approximate surface area is 51.2 Å². The second-order valence-electron chi connectivity index (χ2n) is 1.24. The number of hydrogen-bond acceptors (Lipinski definition) is 1. The van der Waals surface area contributed by atoms with Gasteiger partial charge in [0, 0.05) is 0 Å². The minimum Gasteiger partial charge on any atom is -0.368 e. The average molecular weight is 159 g/mol. The highest BCUT2D eigenvalue weighted by molar-refractivity contribution is 9.09. The lowest BCUT2D eigenvalue weighted by Crippen LogP contribution is -2.16. The minimum atomic E-state index is 0.275. The van der Waals surface area contributed by atoms with Crippen LogP contribution >= 0.6 is 15.9 Å². The molecule has 0 bridgehead atoms. The molecule has 1 aliphatic heterocycles. The average Bonchev–Trinajstić information content (AvgIpc) is 1.69. The largest absolute Gasteiger partial charge is 0.368 e. The number of dihydropyridines is 1. The number of alkyl halides is 1. The maximum Gasteiger partial charge on any atom is 0.101 e. The first-order valence-corrected chi connectivity index (χ1v) is 2.96. The van der Waals surface area contributed by atoms with E-state index in [4.69, 9.17) is 0 Å². The van der Waals surface area contributed by atoms with E-state index in [1.165, 1.54) is 0 Å². The van der Waals surface area contributed by atoms with Crippen molar-refractivity contribution in [2.45, 2.75) is 4.95 Å². The van der Waals surface area contributed by atoms with Crippen LogP contribution in [0.1, 0.15) is 0 Å². The third-order valence-electron chi connectivity index (χ3n) is 0.681. The maximum atomic E-state index is 3.31. The number of allylic oxidation sites excluding steroid dienone is 2.